The first-order valence-electron chi connectivity index (χ1n) is 21.6. The number of nitrogens with zero attached hydrogens (tertiary/aromatic N) is 4. The molecule has 0 unspecified atom stereocenters. The molecular weight excluding hydrogens is 781 g/mol. The second-order valence-corrected chi connectivity index (χ2v) is 16.4. The number of para-hydroxylation sites is 1. The fourth-order valence-electron chi connectivity index (χ4n) is 9.62. The third-order valence-corrected chi connectivity index (χ3v) is 12.6. The van der Waals surface area contributed by atoms with Crippen LogP contribution in [0.1, 0.15) is 0 Å². The Hall–Kier alpha value is -8.67. The summed E-state index contributed by atoms with van der Waals surface area (Å²) in [6.45, 7) is 0. The molecule has 3 aromatic heterocycles. The molecule has 0 radical (unpaired) electrons. The highest BCUT2D eigenvalue weighted by Gasteiger charge is 2.25. The lowest BCUT2D eigenvalue weighted by Gasteiger charge is -2.16. The first-order valence-corrected chi connectivity index (χ1v) is 21.6. The van der Waals surface area contributed by atoms with Crippen LogP contribution in [0.2, 0.25) is 0 Å². The molecule has 3 heterocycles. The van der Waals surface area contributed by atoms with Crippen molar-refractivity contribution in [1.82, 2.24) is 19.5 Å². The highest BCUT2D eigenvalue weighted by Crippen LogP contribution is 2.45. The summed E-state index contributed by atoms with van der Waals surface area (Å²) in [6.07, 6.45) is 0. The molecule has 13 rings (SSSR count). The Morgan fingerprint density at radius 3 is 1.55 bits per heavy atom. The lowest BCUT2D eigenvalue weighted by molar-refractivity contribution is 0.669. The zero-order valence-electron chi connectivity index (χ0n) is 34.5. The van der Waals surface area contributed by atoms with E-state index in [0.29, 0.717) is 17.5 Å². The first kappa shape index (κ1) is 36.0. The van der Waals surface area contributed by atoms with Gasteiger partial charge in [-0.2, -0.15) is 0 Å². The molecular formula is C59H36N4O. The van der Waals surface area contributed by atoms with Crippen LogP contribution in [-0.4, -0.2) is 19.5 Å². The van der Waals surface area contributed by atoms with E-state index in [1.54, 1.807) is 0 Å². The van der Waals surface area contributed by atoms with Crippen molar-refractivity contribution in [3.8, 4) is 62.1 Å². The molecule has 298 valence electrons. The summed E-state index contributed by atoms with van der Waals surface area (Å²) in [5.41, 5.74) is 11.8. The van der Waals surface area contributed by atoms with Crippen molar-refractivity contribution in [2.45, 2.75) is 0 Å². The van der Waals surface area contributed by atoms with Gasteiger partial charge in [-0.05, 0) is 92.3 Å². The van der Waals surface area contributed by atoms with E-state index in [4.69, 9.17) is 19.4 Å². The predicted molar refractivity (Wildman–Crippen MR) is 264 cm³/mol. The van der Waals surface area contributed by atoms with Crippen molar-refractivity contribution in [1.29, 1.82) is 0 Å². The Labute approximate surface area is 368 Å². The molecule has 0 spiro atoms. The molecule has 0 saturated heterocycles. The SMILES string of the molecule is c1ccc(-c2cccc(-c3nc(-c4cccc(-c5ccccc5)c4)nc(-c4ccc5oc6ccccc6c5c4-n4c5cc6ccccc6cc5c5c6ccccc6ccc54)n3)c2)cc1. The predicted octanol–water partition coefficient (Wildman–Crippen LogP) is 15.5. The van der Waals surface area contributed by atoms with Gasteiger partial charge in [0.2, 0.25) is 0 Å². The molecule has 13 aromatic rings. The monoisotopic (exact) mass is 816 g/mol. The van der Waals surface area contributed by atoms with E-state index in [9.17, 15) is 0 Å². The summed E-state index contributed by atoms with van der Waals surface area (Å²) in [4.78, 5) is 16.2. The third-order valence-electron chi connectivity index (χ3n) is 12.6. The lowest BCUT2D eigenvalue weighted by Crippen LogP contribution is -2.04. The molecule has 0 N–H and O–H groups in total. The number of aromatic nitrogens is 4. The fourth-order valence-corrected chi connectivity index (χ4v) is 9.62. The van der Waals surface area contributed by atoms with E-state index >= 15 is 0 Å². The van der Waals surface area contributed by atoms with Gasteiger partial charge in [-0.3, -0.25) is 0 Å². The number of rotatable bonds is 6. The van der Waals surface area contributed by atoms with Gasteiger partial charge in [-0.15, -0.1) is 0 Å². The average Bonchev–Trinajstić information content (AvgIpc) is 3.91. The van der Waals surface area contributed by atoms with E-state index in [1.165, 1.54) is 26.9 Å². The maximum Gasteiger partial charge on any atom is 0.166 e. The van der Waals surface area contributed by atoms with Gasteiger partial charge in [0.25, 0.3) is 0 Å². The Bertz CT molecular complexity index is 3860. The lowest BCUT2D eigenvalue weighted by atomic mass is 10.0. The summed E-state index contributed by atoms with van der Waals surface area (Å²) >= 11 is 0. The van der Waals surface area contributed by atoms with Crippen LogP contribution in [0.15, 0.2) is 223 Å². The normalized spacial score (nSPS) is 11.8. The van der Waals surface area contributed by atoms with Gasteiger partial charge in [0, 0.05) is 32.8 Å². The second kappa shape index (κ2) is 14.5. The van der Waals surface area contributed by atoms with E-state index in [0.717, 1.165) is 83.0 Å². The molecule has 0 fully saturated rings. The molecule has 64 heavy (non-hydrogen) atoms. The van der Waals surface area contributed by atoms with Gasteiger partial charge in [0.05, 0.1) is 22.1 Å². The van der Waals surface area contributed by atoms with Gasteiger partial charge in [-0.25, -0.2) is 15.0 Å². The van der Waals surface area contributed by atoms with Crippen molar-refractivity contribution in [2.75, 3.05) is 0 Å². The number of hydrogen-bond donors (Lipinski definition) is 0. The van der Waals surface area contributed by atoms with Crippen LogP contribution in [-0.2, 0) is 0 Å². The molecule has 5 nitrogen and oxygen atoms in total. The van der Waals surface area contributed by atoms with Crippen molar-refractivity contribution in [3.05, 3.63) is 218 Å². The molecule has 5 heteroatoms. The van der Waals surface area contributed by atoms with Gasteiger partial charge in [0.1, 0.15) is 11.2 Å². The van der Waals surface area contributed by atoms with Gasteiger partial charge in [0.15, 0.2) is 17.5 Å². The summed E-state index contributed by atoms with van der Waals surface area (Å²) in [5.74, 6) is 1.74. The molecule has 0 amide bonds. The highest BCUT2D eigenvalue weighted by atomic mass is 16.3. The van der Waals surface area contributed by atoms with Crippen LogP contribution < -0.4 is 0 Å². The largest absolute Gasteiger partial charge is 0.456 e. The van der Waals surface area contributed by atoms with Gasteiger partial charge >= 0.3 is 0 Å². The van der Waals surface area contributed by atoms with Gasteiger partial charge < -0.3 is 8.98 Å². The Morgan fingerprint density at radius 2 is 0.859 bits per heavy atom. The molecule has 0 aliphatic carbocycles. The standard InChI is InChI=1S/C59H36N4O/c1-3-15-37(16-4-1)40-22-13-24-44(33-40)57-60-58(45-25-14-23-41(34-45)38-17-5-2-6-18-38)62-59(61-57)48-30-32-53-55(47-27-11-12-28-52(47)64-53)56(48)63-50-31-29-39-19-9-10-26-46(39)54(50)49-35-42-20-7-8-21-43(42)36-51(49)63/h1-36H. The summed E-state index contributed by atoms with van der Waals surface area (Å²) in [5, 5.41) is 9.13. The summed E-state index contributed by atoms with van der Waals surface area (Å²) < 4.78 is 9.11. The van der Waals surface area contributed by atoms with Crippen LogP contribution in [0.5, 0.6) is 0 Å². The highest BCUT2D eigenvalue weighted by molar-refractivity contribution is 6.25. The average molecular weight is 817 g/mol. The summed E-state index contributed by atoms with van der Waals surface area (Å²) in [6, 6.07) is 76.8. The zero-order chi connectivity index (χ0) is 42.1. The molecule has 0 saturated carbocycles. The number of fused-ring (bicyclic) bond motifs is 9. The van der Waals surface area contributed by atoms with Crippen molar-refractivity contribution >= 4 is 65.3 Å². The van der Waals surface area contributed by atoms with E-state index in [-0.39, 0.29) is 0 Å². The van der Waals surface area contributed by atoms with Crippen molar-refractivity contribution in [3.63, 3.8) is 0 Å². The maximum atomic E-state index is 6.68. The fraction of sp³-hybridized carbons (Fsp3) is 0. The van der Waals surface area contributed by atoms with Crippen LogP contribution in [0.4, 0.5) is 0 Å². The van der Waals surface area contributed by atoms with Crippen molar-refractivity contribution < 1.29 is 4.42 Å². The van der Waals surface area contributed by atoms with E-state index in [1.807, 2.05) is 24.3 Å². The maximum absolute atomic E-state index is 6.68. The first-order chi connectivity index (χ1) is 31.7. The smallest absolute Gasteiger partial charge is 0.166 e. The third kappa shape index (κ3) is 5.83. The molecule has 0 bridgehead atoms. The molecule has 0 atom stereocenters. The summed E-state index contributed by atoms with van der Waals surface area (Å²) in [7, 11) is 0. The van der Waals surface area contributed by atoms with Crippen LogP contribution in [0, 0.1) is 0 Å². The van der Waals surface area contributed by atoms with Crippen LogP contribution >= 0.6 is 0 Å². The minimum absolute atomic E-state index is 0.564. The minimum Gasteiger partial charge on any atom is -0.456 e. The second-order valence-electron chi connectivity index (χ2n) is 16.4. The van der Waals surface area contributed by atoms with Crippen molar-refractivity contribution in [2.24, 2.45) is 0 Å². The molecule has 10 aromatic carbocycles. The zero-order valence-corrected chi connectivity index (χ0v) is 34.5. The van der Waals surface area contributed by atoms with Crippen LogP contribution in [0.25, 0.3) is 127 Å². The Balaban J connectivity index is 1.15. The number of benzene rings is 10. The Kier molecular flexibility index (Phi) is 8.15. The minimum atomic E-state index is 0.564. The van der Waals surface area contributed by atoms with Gasteiger partial charge in [-0.1, -0.05) is 170 Å². The number of hydrogen-bond acceptors (Lipinski definition) is 4. The molecule has 0 aliphatic heterocycles. The van der Waals surface area contributed by atoms with E-state index in [2.05, 4.69) is 199 Å². The molecule has 0 aliphatic rings. The van der Waals surface area contributed by atoms with Crippen LogP contribution in [0.3, 0.4) is 0 Å². The Morgan fingerprint density at radius 1 is 0.312 bits per heavy atom. The van der Waals surface area contributed by atoms with E-state index < -0.39 is 0 Å². The quantitative estimate of drug-likeness (QED) is 0.168. The topological polar surface area (TPSA) is 56.7 Å². The number of furan rings is 1.